The van der Waals surface area contributed by atoms with Gasteiger partial charge in [-0.3, -0.25) is 9.69 Å². The molecule has 0 spiro atoms. The molecule has 2 heterocycles. The second-order valence-corrected chi connectivity index (χ2v) is 7.21. The molecule has 6 nitrogen and oxygen atoms in total. The minimum atomic E-state index is -0.271. The van der Waals surface area contributed by atoms with Crippen molar-refractivity contribution in [2.24, 2.45) is 0 Å². The fraction of sp³-hybridized carbons (Fsp3) is 0.318. The number of hydrogen-bond donors (Lipinski definition) is 3. The molecule has 6 heteroatoms. The molecular formula is C22H24N2O4. The summed E-state index contributed by atoms with van der Waals surface area (Å²) in [4.78, 5) is 15.1. The minimum absolute atomic E-state index is 0.143. The van der Waals surface area contributed by atoms with E-state index in [-0.39, 0.29) is 17.4 Å². The summed E-state index contributed by atoms with van der Waals surface area (Å²) in [6.07, 6.45) is 3.51. The van der Waals surface area contributed by atoms with Gasteiger partial charge in [-0.2, -0.15) is 0 Å². The molecule has 0 atom stereocenters. The quantitative estimate of drug-likeness (QED) is 0.640. The summed E-state index contributed by atoms with van der Waals surface area (Å²) in [6, 6.07) is 9.86. The van der Waals surface area contributed by atoms with Crippen molar-refractivity contribution in [1.82, 2.24) is 10.2 Å². The molecule has 1 aromatic heterocycles. The molecule has 0 unspecified atom stereocenters. The van der Waals surface area contributed by atoms with E-state index < -0.39 is 0 Å². The lowest BCUT2D eigenvalue weighted by Gasteiger charge is -2.27. The fourth-order valence-electron chi connectivity index (χ4n) is 3.91. The van der Waals surface area contributed by atoms with Gasteiger partial charge in [0.2, 0.25) is 0 Å². The third kappa shape index (κ3) is 3.31. The third-order valence-electron chi connectivity index (χ3n) is 5.35. The van der Waals surface area contributed by atoms with Crippen LogP contribution in [0.15, 0.2) is 40.8 Å². The Bertz CT molecular complexity index is 1000. The minimum Gasteiger partial charge on any atom is -0.508 e. The van der Waals surface area contributed by atoms with Crippen LogP contribution in [0.2, 0.25) is 0 Å². The number of nitrogens with one attached hydrogen (secondary N) is 1. The maximum absolute atomic E-state index is 12.8. The number of likely N-dealkylation sites (tertiary alicyclic amines) is 1. The van der Waals surface area contributed by atoms with E-state index in [9.17, 15) is 15.0 Å². The molecule has 1 fully saturated rings. The number of phenolic OH excluding ortho intramolecular Hbond substituents is 2. The molecule has 0 aliphatic carbocycles. The number of phenols is 2. The average molecular weight is 380 g/mol. The molecule has 0 bridgehead atoms. The van der Waals surface area contributed by atoms with Crippen LogP contribution in [-0.4, -0.2) is 41.2 Å². The van der Waals surface area contributed by atoms with Gasteiger partial charge in [0, 0.05) is 30.1 Å². The average Bonchev–Trinajstić information content (AvgIpc) is 3.11. The van der Waals surface area contributed by atoms with Gasteiger partial charge in [-0.25, -0.2) is 0 Å². The lowest BCUT2D eigenvalue weighted by molar-refractivity contribution is 0.0964. The van der Waals surface area contributed by atoms with Crippen LogP contribution in [-0.2, 0) is 6.54 Å². The van der Waals surface area contributed by atoms with Gasteiger partial charge >= 0.3 is 0 Å². The van der Waals surface area contributed by atoms with Crippen LogP contribution in [0, 0.1) is 0 Å². The van der Waals surface area contributed by atoms with Crippen molar-refractivity contribution in [2.45, 2.75) is 25.8 Å². The number of piperidine rings is 1. The molecular weight excluding hydrogens is 356 g/mol. The molecule has 0 radical (unpaired) electrons. The Morgan fingerprint density at radius 2 is 1.79 bits per heavy atom. The molecule has 28 heavy (non-hydrogen) atoms. The Kier molecular flexibility index (Phi) is 4.96. The van der Waals surface area contributed by atoms with Crippen LogP contribution in [0.3, 0.4) is 0 Å². The number of rotatable bonds is 4. The van der Waals surface area contributed by atoms with E-state index in [0.717, 1.165) is 25.9 Å². The van der Waals surface area contributed by atoms with Crippen molar-refractivity contribution in [3.05, 3.63) is 47.5 Å². The standard InChI is InChI=1S/C22H24N2O4/c1-23-22(27)20-19-16(13-24-11-3-2-4-12-24)17(26)9-10-18(19)28-21(20)14-5-7-15(25)8-6-14/h5-10,25-26H,2-4,11-13H2,1H3,(H,23,27). The highest BCUT2D eigenvalue weighted by Gasteiger charge is 2.26. The first-order valence-corrected chi connectivity index (χ1v) is 9.59. The molecule has 3 aromatic rings. The highest BCUT2D eigenvalue weighted by atomic mass is 16.3. The summed E-state index contributed by atoms with van der Waals surface area (Å²) in [5.74, 6) is 0.471. The Morgan fingerprint density at radius 1 is 1.07 bits per heavy atom. The van der Waals surface area contributed by atoms with E-state index in [0.29, 0.717) is 40.0 Å². The number of fused-ring (bicyclic) bond motifs is 1. The number of nitrogens with zero attached hydrogens (tertiary/aromatic N) is 1. The maximum Gasteiger partial charge on any atom is 0.255 e. The van der Waals surface area contributed by atoms with E-state index in [1.807, 2.05) is 0 Å². The summed E-state index contributed by atoms with van der Waals surface area (Å²) in [5.41, 5.74) is 2.38. The summed E-state index contributed by atoms with van der Waals surface area (Å²) in [5, 5.41) is 23.5. The third-order valence-corrected chi connectivity index (χ3v) is 5.35. The van der Waals surface area contributed by atoms with Crippen molar-refractivity contribution < 1.29 is 19.4 Å². The van der Waals surface area contributed by atoms with Gasteiger partial charge in [0.25, 0.3) is 5.91 Å². The topological polar surface area (TPSA) is 85.9 Å². The lowest BCUT2D eigenvalue weighted by Crippen LogP contribution is -2.29. The Hall–Kier alpha value is -2.99. The van der Waals surface area contributed by atoms with Crippen molar-refractivity contribution in [2.75, 3.05) is 20.1 Å². The van der Waals surface area contributed by atoms with Gasteiger partial charge in [0.05, 0.1) is 5.56 Å². The molecule has 3 N–H and O–H groups in total. The highest BCUT2D eigenvalue weighted by molar-refractivity contribution is 6.12. The van der Waals surface area contributed by atoms with E-state index in [4.69, 9.17) is 4.42 Å². The zero-order chi connectivity index (χ0) is 19.7. The zero-order valence-corrected chi connectivity index (χ0v) is 15.9. The predicted molar refractivity (Wildman–Crippen MR) is 107 cm³/mol. The van der Waals surface area contributed by atoms with E-state index in [1.54, 1.807) is 43.4 Å². The van der Waals surface area contributed by atoms with Gasteiger partial charge in [-0.15, -0.1) is 0 Å². The monoisotopic (exact) mass is 380 g/mol. The van der Waals surface area contributed by atoms with Gasteiger partial charge in [0.1, 0.15) is 22.8 Å². The molecule has 1 saturated heterocycles. The van der Waals surface area contributed by atoms with Crippen molar-refractivity contribution >= 4 is 16.9 Å². The number of benzene rings is 2. The van der Waals surface area contributed by atoms with Gasteiger partial charge in [-0.05, 0) is 62.3 Å². The number of amides is 1. The lowest BCUT2D eigenvalue weighted by atomic mass is 9.99. The first kappa shape index (κ1) is 18.4. The van der Waals surface area contributed by atoms with E-state index >= 15 is 0 Å². The Morgan fingerprint density at radius 3 is 2.46 bits per heavy atom. The number of hydrogen-bond acceptors (Lipinski definition) is 5. The summed E-state index contributed by atoms with van der Waals surface area (Å²) >= 11 is 0. The number of carbonyl (C=O) groups is 1. The molecule has 146 valence electrons. The summed E-state index contributed by atoms with van der Waals surface area (Å²) < 4.78 is 6.06. The van der Waals surface area contributed by atoms with Crippen LogP contribution in [0.4, 0.5) is 0 Å². The normalized spacial score (nSPS) is 15.0. The molecule has 0 saturated carbocycles. The fourth-order valence-corrected chi connectivity index (χ4v) is 3.91. The smallest absolute Gasteiger partial charge is 0.255 e. The van der Waals surface area contributed by atoms with Gasteiger partial charge in [-0.1, -0.05) is 6.42 Å². The number of furan rings is 1. The van der Waals surface area contributed by atoms with E-state index in [2.05, 4.69) is 10.2 Å². The number of carbonyl (C=O) groups excluding carboxylic acids is 1. The van der Waals surface area contributed by atoms with Crippen molar-refractivity contribution in [3.8, 4) is 22.8 Å². The molecule has 1 aliphatic heterocycles. The molecule has 4 rings (SSSR count). The van der Waals surface area contributed by atoms with Crippen LogP contribution >= 0.6 is 0 Å². The van der Waals surface area contributed by atoms with Crippen LogP contribution in [0.1, 0.15) is 35.2 Å². The molecule has 1 amide bonds. The van der Waals surface area contributed by atoms with E-state index in [1.165, 1.54) is 6.42 Å². The molecule has 2 aromatic carbocycles. The van der Waals surface area contributed by atoms with Crippen LogP contribution < -0.4 is 5.32 Å². The predicted octanol–water partition coefficient (Wildman–Crippen LogP) is 3.86. The van der Waals surface area contributed by atoms with Gasteiger partial charge < -0.3 is 19.9 Å². The number of aromatic hydroxyl groups is 2. The Labute approximate surface area is 163 Å². The van der Waals surface area contributed by atoms with Crippen LogP contribution in [0.25, 0.3) is 22.3 Å². The summed E-state index contributed by atoms with van der Waals surface area (Å²) in [7, 11) is 1.58. The van der Waals surface area contributed by atoms with Crippen LogP contribution in [0.5, 0.6) is 11.5 Å². The van der Waals surface area contributed by atoms with Crippen molar-refractivity contribution in [3.63, 3.8) is 0 Å². The zero-order valence-electron chi connectivity index (χ0n) is 15.9. The maximum atomic E-state index is 12.8. The SMILES string of the molecule is CNC(=O)c1c(-c2ccc(O)cc2)oc2ccc(O)c(CN3CCCCC3)c12. The second kappa shape index (κ2) is 7.56. The first-order chi connectivity index (χ1) is 13.6. The highest BCUT2D eigenvalue weighted by Crippen LogP contribution is 2.39. The summed E-state index contributed by atoms with van der Waals surface area (Å²) in [6.45, 7) is 2.53. The second-order valence-electron chi connectivity index (χ2n) is 7.21. The molecule has 1 aliphatic rings. The first-order valence-electron chi connectivity index (χ1n) is 9.59. The van der Waals surface area contributed by atoms with Gasteiger partial charge in [0.15, 0.2) is 0 Å². The largest absolute Gasteiger partial charge is 0.508 e. The van der Waals surface area contributed by atoms with Crippen molar-refractivity contribution in [1.29, 1.82) is 0 Å². The Balaban J connectivity index is 1.90.